The Balaban J connectivity index is 2.30. The summed E-state index contributed by atoms with van der Waals surface area (Å²) in [6.07, 6.45) is 3.23. The van der Waals surface area contributed by atoms with Gasteiger partial charge in [0.1, 0.15) is 11.3 Å². The lowest BCUT2D eigenvalue weighted by molar-refractivity contribution is 0.352. The minimum atomic E-state index is 0.0802. The monoisotopic (exact) mass is 342 g/mol. The maximum Gasteiger partial charge on any atom is 0.152 e. The molecule has 24 heavy (non-hydrogen) atoms. The van der Waals surface area contributed by atoms with Crippen molar-refractivity contribution < 1.29 is 0 Å². The van der Waals surface area contributed by atoms with Gasteiger partial charge in [0.25, 0.3) is 0 Å². The van der Waals surface area contributed by atoms with Crippen LogP contribution in [0, 0.1) is 5.41 Å². The Morgan fingerprint density at radius 1 is 1.21 bits per heavy atom. The average molecular weight is 343 g/mol. The largest absolute Gasteiger partial charge is 0.382 e. The van der Waals surface area contributed by atoms with E-state index in [-0.39, 0.29) is 5.41 Å². The van der Waals surface area contributed by atoms with Gasteiger partial charge < -0.3 is 10.3 Å². The number of aromatic nitrogens is 3. The van der Waals surface area contributed by atoms with Crippen molar-refractivity contribution in [1.29, 1.82) is 0 Å². The first-order valence-corrected chi connectivity index (χ1v) is 9.24. The fourth-order valence-electron chi connectivity index (χ4n) is 3.08. The Morgan fingerprint density at radius 2 is 1.96 bits per heavy atom. The average Bonchev–Trinajstić information content (AvgIpc) is 2.92. The summed E-state index contributed by atoms with van der Waals surface area (Å²) in [5.74, 6) is 2.44. The van der Waals surface area contributed by atoms with Crippen LogP contribution in [0.2, 0.25) is 0 Å². The molecule has 2 aromatic heterocycles. The number of benzene rings is 1. The van der Waals surface area contributed by atoms with Gasteiger partial charge in [0, 0.05) is 18.4 Å². The minimum absolute atomic E-state index is 0.0802. The smallest absolute Gasteiger partial charge is 0.152 e. The molecular weight excluding hydrogens is 316 g/mol. The van der Waals surface area contributed by atoms with Crippen molar-refractivity contribution in [1.82, 2.24) is 14.5 Å². The third-order valence-electron chi connectivity index (χ3n) is 4.46. The third kappa shape index (κ3) is 3.09. The third-order valence-corrected chi connectivity index (χ3v) is 5.31. The summed E-state index contributed by atoms with van der Waals surface area (Å²) in [6.45, 7) is 7.56. The number of imidazole rings is 1. The fourth-order valence-corrected chi connectivity index (χ4v) is 3.18. The standard InChI is InChI=1S/C19H26N4S/c1-4-5-10-15-22-16-17(23(15)11-19(2,3)12-24)13-8-6-7-9-14(13)21-18(16)20/h6-9,24H,4-5,10-12H2,1-3H3,(H2,20,21). The SMILES string of the molecule is CCCCc1nc2c(N)nc3ccccc3c2n1CC(C)(C)CS. The number of para-hydroxylation sites is 1. The highest BCUT2D eigenvalue weighted by Crippen LogP contribution is 2.32. The highest BCUT2D eigenvalue weighted by atomic mass is 32.1. The van der Waals surface area contributed by atoms with Crippen molar-refractivity contribution in [2.45, 2.75) is 46.6 Å². The predicted molar refractivity (Wildman–Crippen MR) is 106 cm³/mol. The van der Waals surface area contributed by atoms with Gasteiger partial charge in [0.05, 0.1) is 11.0 Å². The molecule has 2 heterocycles. The van der Waals surface area contributed by atoms with Crippen LogP contribution in [0.15, 0.2) is 24.3 Å². The lowest BCUT2D eigenvalue weighted by Gasteiger charge is -2.24. The lowest BCUT2D eigenvalue weighted by Crippen LogP contribution is -2.23. The summed E-state index contributed by atoms with van der Waals surface area (Å²) in [5.41, 5.74) is 9.17. The molecule has 0 unspecified atom stereocenters. The number of nitrogens with zero attached hydrogens (tertiary/aromatic N) is 3. The zero-order valence-corrected chi connectivity index (χ0v) is 15.6. The lowest BCUT2D eigenvalue weighted by atomic mass is 9.96. The van der Waals surface area contributed by atoms with Gasteiger partial charge in [-0.25, -0.2) is 9.97 Å². The molecule has 0 fully saturated rings. The quantitative estimate of drug-likeness (QED) is 0.650. The molecule has 0 saturated heterocycles. The molecule has 5 heteroatoms. The highest BCUT2D eigenvalue weighted by molar-refractivity contribution is 7.80. The van der Waals surface area contributed by atoms with Crippen LogP contribution in [0.5, 0.6) is 0 Å². The number of nitrogen functional groups attached to an aromatic ring is 1. The Hall–Kier alpha value is -1.75. The Kier molecular flexibility index (Phi) is 4.72. The summed E-state index contributed by atoms with van der Waals surface area (Å²) < 4.78 is 2.35. The molecule has 0 atom stereocenters. The summed E-state index contributed by atoms with van der Waals surface area (Å²) >= 11 is 4.53. The number of anilines is 1. The molecule has 128 valence electrons. The zero-order valence-electron chi connectivity index (χ0n) is 14.7. The van der Waals surface area contributed by atoms with E-state index >= 15 is 0 Å². The number of rotatable bonds is 6. The first kappa shape index (κ1) is 17.1. The van der Waals surface area contributed by atoms with Crippen LogP contribution in [0.3, 0.4) is 0 Å². The maximum absolute atomic E-state index is 6.23. The predicted octanol–water partition coefficient (Wildman–Crippen LogP) is 4.47. The second-order valence-electron chi connectivity index (χ2n) is 7.25. The van der Waals surface area contributed by atoms with E-state index in [2.05, 4.69) is 49.0 Å². The van der Waals surface area contributed by atoms with Gasteiger partial charge in [0.2, 0.25) is 0 Å². The molecule has 0 aliphatic rings. The van der Waals surface area contributed by atoms with Crippen LogP contribution in [-0.2, 0) is 13.0 Å². The number of pyridine rings is 1. The second-order valence-corrected chi connectivity index (χ2v) is 7.57. The van der Waals surface area contributed by atoms with Gasteiger partial charge in [-0.3, -0.25) is 0 Å². The number of unbranched alkanes of at least 4 members (excludes halogenated alkanes) is 1. The Labute approximate surface area is 148 Å². The summed E-state index contributed by atoms with van der Waals surface area (Å²) in [7, 11) is 0. The molecule has 1 aromatic carbocycles. The number of fused-ring (bicyclic) bond motifs is 3. The van der Waals surface area contributed by atoms with Crippen LogP contribution in [0.4, 0.5) is 5.82 Å². The molecule has 2 N–H and O–H groups in total. The van der Waals surface area contributed by atoms with Crippen LogP contribution >= 0.6 is 12.6 Å². The van der Waals surface area contributed by atoms with E-state index < -0.39 is 0 Å². The molecule has 3 rings (SSSR count). The van der Waals surface area contributed by atoms with E-state index in [0.717, 1.165) is 59.3 Å². The van der Waals surface area contributed by atoms with Crippen molar-refractivity contribution in [3.63, 3.8) is 0 Å². The molecule has 0 aliphatic carbocycles. The van der Waals surface area contributed by atoms with E-state index in [1.165, 1.54) is 0 Å². The van der Waals surface area contributed by atoms with Crippen molar-refractivity contribution in [3.05, 3.63) is 30.1 Å². The molecule has 0 radical (unpaired) electrons. The zero-order chi connectivity index (χ0) is 17.3. The Bertz CT molecular complexity index is 867. The first-order chi connectivity index (χ1) is 11.5. The number of hydrogen-bond donors (Lipinski definition) is 2. The number of nitrogens with two attached hydrogens (primary N) is 1. The molecular formula is C19H26N4S. The first-order valence-electron chi connectivity index (χ1n) is 8.61. The molecule has 0 aliphatic heterocycles. The summed E-state index contributed by atoms with van der Waals surface area (Å²) in [4.78, 5) is 9.41. The molecule has 0 bridgehead atoms. The van der Waals surface area contributed by atoms with Gasteiger partial charge in [-0.05, 0) is 23.7 Å². The van der Waals surface area contributed by atoms with Crippen molar-refractivity contribution >= 4 is 40.4 Å². The van der Waals surface area contributed by atoms with Gasteiger partial charge in [-0.15, -0.1) is 0 Å². The van der Waals surface area contributed by atoms with Crippen molar-refractivity contribution in [2.75, 3.05) is 11.5 Å². The topological polar surface area (TPSA) is 56.7 Å². The van der Waals surface area contributed by atoms with E-state index in [9.17, 15) is 0 Å². The number of hydrogen-bond acceptors (Lipinski definition) is 4. The van der Waals surface area contributed by atoms with Crippen LogP contribution in [-0.4, -0.2) is 20.3 Å². The van der Waals surface area contributed by atoms with Crippen LogP contribution < -0.4 is 5.73 Å². The normalized spacial score (nSPS) is 12.3. The van der Waals surface area contributed by atoms with E-state index in [0.29, 0.717) is 5.82 Å². The van der Waals surface area contributed by atoms with E-state index in [4.69, 9.17) is 10.7 Å². The van der Waals surface area contributed by atoms with Crippen LogP contribution in [0.1, 0.15) is 39.4 Å². The van der Waals surface area contributed by atoms with Crippen molar-refractivity contribution in [2.24, 2.45) is 5.41 Å². The fraction of sp³-hybridized carbons (Fsp3) is 0.474. The summed E-state index contributed by atoms with van der Waals surface area (Å²) in [6, 6.07) is 8.17. The van der Waals surface area contributed by atoms with E-state index in [1.807, 2.05) is 18.2 Å². The van der Waals surface area contributed by atoms with Crippen molar-refractivity contribution in [3.8, 4) is 0 Å². The second kappa shape index (κ2) is 6.63. The highest BCUT2D eigenvalue weighted by Gasteiger charge is 2.23. The van der Waals surface area contributed by atoms with Gasteiger partial charge in [0.15, 0.2) is 5.82 Å². The number of thiol groups is 1. The Morgan fingerprint density at radius 3 is 2.67 bits per heavy atom. The molecule has 0 saturated carbocycles. The maximum atomic E-state index is 6.23. The molecule has 4 nitrogen and oxygen atoms in total. The molecule has 0 amide bonds. The van der Waals surface area contributed by atoms with Crippen LogP contribution in [0.25, 0.3) is 21.9 Å². The number of aryl methyl sites for hydroxylation is 1. The van der Waals surface area contributed by atoms with Gasteiger partial charge >= 0.3 is 0 Å². The van der Waals surface area contributed by atoms with Gasteiger partial charge in [-0.1, -0.05) is 45.4 Å². The molecule has 0 spiro atoms. The minimum Gasteiger partial charge on any atom is -0.382 e. The van der Waals surface area contributed by atoms with E-state index in [1.54, 1.807) is 0 Å². The van der Waals surface area contributed by atoms with Gasteiger partial charge in [-0.2, -0.15) is 12.6 Å². The molecule has 3 aromatic rings. The summed E-state index contributed by atoms with van der Waals surface area (Å²) in [5, 5.41) is 1.12.